The number of pyridine rings is 1. The van der Waals surface area contributed by atoms with Gasteiger partial charge in [-0.1, -0.05) is 0 Å². The first-order valence-electron chi connectivity index (χ1n) is 8.50. The van der Waals surface area contributed by atoms with E-state index in [0.29, 0.717) is 37.6 Å². The Morgan fingerprint density at radius 2 is 2.12 bits per heavy atom. The fraction of sp³-hybridized carbons (Fsp3) is 0.625. The minimum atomic E-state index is -3.23. The van der Waals surface area contributed by atoms with Gasteiger partial charge in [0.1, 0.15) is 5.82 Å². The molecule has 3 heterocycles. The van der Waals surface area contributed by atoms with E-state index in [2.05, 4.69) is 10.3 Å². The number of morpholine rings is 1. The molecule has 0 spiro atoms. The van der Waals surface area contributed by atoms with Crippen LogP contribution >= 0.6 is 0 Å². The average molecular weight is 368 g/mol. The molecule has 3 rings (SSSR count). The quantitative estimate of drug-likeness (QED) is 0.808. The molecule has 0 saturated carbocycles. The van der Waals surface area contributed by atoms with Crippen molar-refractivity contribution >= 4 is 21.7 Å². The highest BCUT2D eigenvalue weighted by atomic mass is 32.2. The van der Waals surface area contributed by atoms with Crippen molar-refractivity contribution in [3.63, 3.8) is 0 Å². The Bertz CT molecular complexity index is 719. The van der Waals surface area contributed by atoms with E-state index in [0.717, 1.165) is 25.9 Å². The molecule has 1 N–H and O–H groups in total. The van der Waals surface area contributed by atoms with Gasteiger partial charge < -0.3 is 15.0 Å². The van der Waals surface area contributed by atoms with Crippen molar-refractivity contribution in [2.24, 2.45) is 0 Å². The summed E-state index contributed by atoms with van der Waals surface area (Å²) in [5.41, 5.74) is 0.542. The summed E-state index contributed by atoms with van der Waals surface area (Å²) < 4.78 is 30.4. The lowest BCUT2D eigenvalue weighted by molar-refractivity contribution is 0.00699. The molecule has 1 unspecified atom stereocenters. The van der Waals surface area contributed by atoms with Crippen LogP contribution in [-0.2, 0) is 14.8 Å². The predicted octanol–water partition coefficient (Wildman–Crippen LogP) is 0.390. The third-order valence-corrected chi connectivity index (χ3v) is 5.77. The largest absolute Gasteiger partial charge is 0.374 e. The monoisotopic (exact) mass is 368 g/mol. The van der Waals surface area contributed by atoms with Crippen molar-refractivity contribution < 1.29 is 17.9 Å². The summed E-state index contributed by atoms with van der Waals surface area (Å²) in [7, 11) is -3.23. The highest BCUT2D eigenvalue weighted by Crippen LogP contribution is 2.18. The Kier molecular flexibility index (Phi) is 5.55. The van der Waals surface area contributed by atoms with Gasteiger partial charge in [-0.3, -0.25) is 4.79 Å². The van der Waals surface area contributed by atoms with Crippen LogP contribution in [0.25, 0.3) is 0 Å². The predicted molar refractivity (Wildman–Crippen MR) is 94.0 cm³/mol. The van der Waals surface area contributed by atoms with Crippen molar-refractivity contribution in [2.75, 3.05) is 50.9 Å². The lowest BCUT2D eigenvalue weighted by Crippen LogP contribution is -2.47. The van der Waals surface area contributed by atoms with E-state index in [1.54, 1.807) is 18.3 Å². The van der Waals surface area contributed by atoms with Gasteiger partial charge in [0.15, 0.2) is 0 Å². The summed E-state index contributed by atoms with van der Waals surface area (Å²) in [4.78, 5) is 18.7. The molecule has 2 aliphatic rings. The average Bonchev–Trinajstić information content (AvgIpc) is 3.14. The molecule has 2 fully saturated rings. The molecule has 1 atom stereocenters. The lowest BCUT2D eigenvalue weighted by atomic mass is 10.2. The highest BCUT2D eigenvalue weighted by molar-refractivity contribution is 7.88. The number of carbonyl (C=O) groups is 1. The van der Waals surface area contributed by atoms with Gasteiger partial charge in [0, 0.05) is 38.9 Å². The molecule has 1 aromatic heterocycles. The van der Waals surface area contributed by atoms with E-state index in [9.17, 15) is 13.2 Å². The van der Waals surface area contributed by atoms with Crippen LogP contribution in [0.5, 0.6) is 0 Å². The molecule has 0 aromatic carbocycles. The number of nitrogens with zero attached hydrogens (tertiary/aromatic N) is 3. The summed E-state index contributed by atoms with van der Waals surface area (Å²) in [6.07, 6.45) is 4.63. The van der Waals surface area contributed by atoms with Gasteiger partial charge in [0.05, 0.1) is 24.5 Å². The van der Waals surface area contributed by atoms with E-state index in [1.807, 2.05) is 4.90 Å². The first kappa shape index (κ1) is 18.1. The minimum Gasteiger partial charge on any atom is -0.374 e. The van der Waals surface area contributed by atoms with Crippen LogP contribution in [0.2, 0.25) is 0 Å². The molecule has 8 nitrogen and oxygen atoms in total. The van der Waals surface area contributed by atoms with Crippen LogP contribution in [0.15, 0.2) is 18.3 Å². The van der Waals surface area contributed by atoms with Crippen LogP contribution in [0.4, 0.5) is 5.82 Å². The molecule has 9 heteroatoms. The van der Waals surface area contributed by atoms with Crippen LogP contribution in [0.3, 0.4) is 0 Å². The molecule has 1 aromatic rings. The van der Waals surface area contributed by atoms with Crippen LogP contribution in [0.1, 0.15) is 23.2 Å². The van der Waals surface area contributed by atoms with Crippen LogP contribution in [0, 0.1) is 0 Å². The Balaban J connectivity index is 1.64. The maximum absolute atomic E-state index is 12.6. The molecule has 138 valence electrons. The topological polar surface area (TPSA) is 91.8 Å². The second-order valence-electron chi connectivity index (χ2n) is 6.39. The summed E-state index contributed by atoms with van der Waals surface area (Å²) in [6.45, 7) is 2.99. The summed E-state index contributed by atoms with van der Waals surface area (Å²) in [6, 6.07) is 3.51. The Hall–Kier alpha value is -1.71. The maximum atomic E-state index is 12.6. The molecule has 1 amide bonds. The SMILES string of the molecule is CS(=O)(=O)N1CCOC(CNc2ncccc2C(=O)N2CCCC2)C1. The molecular formula is C16H24N4O4S. The smallest absolute Gasteiger partial charge is 0.257 e. The second-order valence-corrected chi connectivity index (χ2v) is 8.38. The zero-order chi connectivity index (χ0) is 17.9. The van der Waals surface area contributed by atoms with Gasteiger partial charge in [-0.15, -0.1) is 0 Å². The van der Waals surface area contributed by atoms with E-state index in [-0.39, 0.29) is 12.0 Å². The van der Waals surface area contributed by atoms with Crippen molar-refractivity contribution in [3.05, 3.63) is 23.9 Å². The number of sulfonamides is 1. The molecule has 2 saturated heterocycles. The third-order valence-electron chi connectivity index (χ3n) is 4.50. The molecule has 0 radical (unpaired) electrons. The number of aromatic nitrogens is 1. The van der Waals surface area contributed by atoms with E-state index >= 15 is 0 Å². The first-order chi connectivity index (χ1) is 11.9. The Morgan fingerprint density at radius 1 is 1.36 bits per heavy atom. The minimum absolute atomic E-state index is 0.0181. The molecule has 0 aliphatic carbocycles. The number of rotatable bonds is 5. The number of nitrogens with one attached hydrogen (secondary N) is 1. The number of anilines is 1. The fourth-order valence-corrected chi connectivity index (χ4v) is 3.98. The molecule has 0 bridgehead atoms. The normalized spacial score (nSPS) is 22.1. The number of hydrogen-bond acceptors (Lipinski definition) is 6. The van der Waals surface area contributed by atoms with Gasteiger partial charge in [0.25, 0.3) is 5.91 Å². The zero-order valence-electron chi connectivity index (χ0n) is 14.3. The van der Waals surface area contributed by atoms with E-state index < -0.39 is 10.0 Å². The molecule has 2 aliphatic heterocycles. The molecule has 25 heavy (non-hydrogen) atoms. The molecular weight excluding hydrogens is 344 g/mol. The zero-order valence-corrected chi connectivity index (χ0v) is 15.2. The van der Waals surface area contributed by atoms with Gasteiger partial charge in [0.2, 0.25) is 10.0 Å². The van der Waals surface area contributed by atoms with Gasteiger partial charge >= 0.3 is 0 Å². The number of carbonyl (C=O) groups excluding carboxylic acids is 1. The van der Waals surface area contributed by atoms with Crippen molar-refractivity contribution in [1.29, 1.82) is 0 Å². The van der Waals surface area contributed by atoms with Crippen molar-refractivity contribution in [3.8, 4) is 0 Å². The third kappa shape index (κ3) is 4.47. The van der Waals surface area contributed by atoms with Gasteiger partial charge in [-0.25, -0.2) is 13.4 Å². The first-order valence-corrected chi connectivity index (χ1v) is 10.3. The highest BCUT2D eigenvalue weighted by Gasteiger charge is 2.27. The van der Waals surface area contributed by atoms with Gasteiger partial charge in [-0.2, -0.15) is 4.31 Å². The van der Waals surface area contributed by atoms with Crippen molar-refractivity contribution in [1.82, 2.24) is 14.2 Å². The summed E-state index contributed by atoms with van der Waals surface area (Å²) in [5.74, 6) is 0.495. The standard InChI is InChI=1S/C16H24N4O4S/c1-25(22,23)20-9-10-24-13(12-20)11-18-15-14(5-4-6-17-15)16(21)19-7-2-3-8-19/h4-6,13H,2-3,7-12H2,1H3,(H,17,18). The summed E-state index contributed by atoms with van der Waals surface area (Å²) in [5, 5.41) is 3.15. The fourth-order valence-electron chi connectivity index (χ4n) is 3.14. The summed E-state index contributed by atoms with van der Waals surface area (Å²) >= 11 is 0. The van der Waals surface area contributed by atoms with Crippen LogP contribution in [-0.4, -0.2) is 80.2 Å². The maximum Gasteiger partial charge on any atom is 0.257 e. The van der Waals surface area contributed by atoms with E-state index in [4.69, 9.17) is 4.74 Å². The van der Waals surface area contributed by atoms with E-state index in [1.165, 1.54) is 10.6 Å². The Labute approximate surface area is 148 Å². The van der Waals surface area contributed by atoms with Gasteiger partial charge in [-0.05, 0) is 25.0 Å². The number of likely N-dealkylation sites (tertiary alicyclic amines) is 1. The number of hydrogen-bond donors (Lipinski definition) is 1. The number of amides is 1. The van der Waals surface area contributed by atoms with Crippen molar-refractivity contribution in [2.45, 2.75) is 18.9 Å². The lowest BCUT2D eigenvalue weighted by Gasteiger charge is -2.31. The van der Waals surface area contributed by atoms with Crippen LogP contribution < -0.4 is 5.32 Å². The Morgan fingerprint density at radius 3 is 2.84 bits per heavy atom. The number of ether oxygens (including phenoxy) is 1. The second kappa shape index (κ2) is 7.67.